The smallest absolute Gasteiger partial charge is 0.157 e. The zero-order valence-electron chi connectivity index (χ0n) is 12.6. The summed E-state index contributed by atoms with van der Waals surface area (Å²) in [4.78, 5) is 0. The number of nitrogens with two attached hydrogens (primary N) is 1. The van der Waals surface area contributed by atoms with Crippen LogP contribution in [0.25, 0.3) is 0 Å². The van der Waals surface area contributed by atoms with E-state index in [9.17, 15) is 10.2 Å². The van der Waals surface area contributed by atoms with Gasteiger partial charge < -0.3 is 21.3 Å². The average molecular weight is 595 g/mol. The predicted molar refractivity (Wildman–Crippen MR) is 119 cm³/mol. The fourth-order valence-corrected chi connectivity index (χ4v) is 4.74. The van der Waals surface area contributed by atoms with Crippen LogP contribution in [0.5, 0.6) is 11.5 Å². The molecule has 1 aliphatic rings. The van der Waals surface area contributed by atoms with E-state index < -0.39 is 0 Å². The van der Waals surface area contributed by atoms with Gasteiger partial charge >= 0.3 is 0 Å². The summed E-state index contributed by atoms with van der Waals surface area (Å²) in [5.74, 6) is -0.107. The van der Waals surface area contributed by atoms with Crippen molar-refractivity contribution in [3.8, 4) is 11.5 Å². The quantitative estimate of drug-likeness (QED) is 0.239. The molecule has 0 radical (unpaired) electrons. The molecular weight excluding hydrogens is 577 g/mol. The van der Waals surface area contributed by atoms with Crippen LogP contribution in [0.1, 0.15) is 22.7 Å². The highest BCUT2D eigenvalue weighted by Gasteiger charge is 2.22. The monoisotopic (exact) mass is 594 g/mol. The minimum absolute atomic E-state index is 0. The molecule has 0 amide bonds. The number of benzene rings is 2. The second-order valence-electron chi connectivity index (χ2n) is 5.47. The third-order valence-electron chi connectivity index (χ3n) is 3.98. The van der Waals surface area contributed by atoms with Crippen molar-refractivity contribution in [2.24, 2.45) is 0 Å². The Hall–Kier alpha value is -0.160. The van der Waals surface area contributed by atoms with Gasteiger partial charge in [0.05, 0.1) is 5.69 Å². The highest BCUT2D eigenvalue weighted by molar-refractivity contribution is 14.1. The minimum atomic E-state index is -0.0612. The third kappa shape index (κ3) is 4.51. The van der Waals surface area contributed by atoms with Crippen LogP contribution in [-0.4, -0.2) is 16.8 Å². The SMILES string of the molecule is Cl.Cl.Nc1c(I)cc(CC2NCCc3cc(O)c(O)cc32)cc1I. The first-order valence-electron chi connectivity index (χ1n) is 6.97. The topological polar surface area (TPSA) is 78.5 Å². The van der Waals surface area contributed by atoms with Crippen molar-refractivity contribution >= 4 is 75.7 Å². The average Bonchev–Trinajstić information content (AvgIpc) is 2.47. The van der Waals surface area contributed by atoms with Crippen LogP contribution in [-0.2, 0) is 12.8 Å². The van der Waals surface area contributed by atoms with Crippen LogP contribution in [0.15, 0.2) is 24.3 Å². The number of rotatable bonds is 2. The molecule has 4 nitrogen and oxygen atoms in total. The van der Waals surface area contributed by atoms with E-state index in [1.165, 1.54) is 5.56 Å². The molecule has 132 valence electrons. The fourth-order valence-electron chi connectivity index (χ4n) is 2.84. The largest absolute Gasteiger partial charge is 0.504 e. The Morgan fingerprint density at radius 2 is 1.62 bits per heavy atom. The number of phenolic OH excluding ortho intramolecular Hbond substituents is 2. The van der Waals surface area contributed by atoms with E-state index in [0.29, 0.717) is 0 Å². The Labute approximate surface area is 180 Å². The second-order valence-corrected chi connectivity index (χ2v) is 7.80. The summed E-state index contributed by atoms with van der Waals surface area (Å²) in [6.45, 7) is 0.866. The molecule has 1 aliphatic heterocycles. The highest BCUT2D eigenvalue weighted by Crippen LogP contribution is 2.35. The number of anilines is 1. The summed E-state index contributed by atoms with van der Waals surface area (Å²) in [5.41, 5.74) is 10.2. The molecule has 24 heavy (non-hydrogen) atoms. The molecule has 0 aliphatic carbocycles. The molecule has 3 rings (SSSR count). The van der Waals surface area contributed by atoms with Crippen LogP contribution < -0.4 is 11.1 Å². The van der Waals surface area contributed by atoms with Crippen molar-refractivity contribution in [1.29, 1.82) is 0 Å². The van der Waals surface area contributed by atoms with Gasteiger partial charge in [0.2, 0.25) is 0 Å². The first kappa shape index (κ1) is 21.9. The Morgan fingerprint density at radius 1 is 1.04 bits per heavy atom. The molecule has 2 aromatic rings. The molecule has 0 aromatic heterocycles. The lowest BCUT2D eigenvalue weighted by atomic mass is 9.90. The maximum Gasteiger partial charge on any atom is 0.157 e. The summed E-state index contributed by atoms with van der Waals surface area (Å²) < 4.78 is 2.12. The number of nitrogens with one attached hydrogen (secondary N) is 1. The van der Waals surface area contributed by atoms with E-state index in [-0.39, 0.29) is 42.4 Å². The van der Waals surface area contributed by atoms with E-state index in [1.807, 2.05) is 0 Å². The molecule has 5 N–H and O–H groups in total. The van der Waals surface area contributed by atoms with E-state index >= 15 is 0 Å². The zero-order valence-corrected chi connectivity index (χ0v) is 18.5. The third-order valence-corrected chi connectivity index (χ3v) is 5.76. The number of halogens is 4. The molecule has 1 unspecified atom stereocenters. The van der Waals surface area contributed by atoms with Crippen molar-refractivity contribution in [3.05, 3.63) is 48.1 Å². The van der Waals surface area contributed by atoms with Crippen molar-refractivity contribution in [2.45, 2.75) is 18.9 Å². The molecule has 1 heterocycles. The standard InChI is InChI=1S/C16H16I2N2O2.2ClH/c17-11-3-8(4-12(18)16(11)19)5-13-10-7-15(22)14(21)6-9(10)1-2-20-13;;/h3-4,6-7,13,20-22H,1-2,5,19H2;2*1H. The van der Waals surface area contributed by atoms with Crippen LogP contribution in [0.3, 0.4) is 0 Å². The molecular formula is C16H18Cl2I2N2O2. The van der Waals surface area contributed by atoms with Crippen molar-refractivity contribution in [1.82, 2.24) is 5.32 Å². The second kappa shape index (κ2) is 8.98. The maximum atomic E-state index is 9.79. The van der Waals surface area contributed by atoms with Crippen molar-refractivity contribution in [2.75, 3.05) is 12.3 Å². The van der Waals surface area contributed by atoms with Gasteiger partial charge in [-0.05, 0) is 106 Å². The molecule has 0 bridgehead atoms. The number of phenols is 2. The first-order chi connectivity index (χ1) is 10.5. The zero-order chi connectivity index (χ0) is 15.9. The van der Waals surface area contributed by atoms with E-state index in [1.54, 1.807) is 12.1 Å². The van der Waals surface area contributed by atoms with Crippen LogP contribution in [0, 0.1) is 7.14 Å². The maximum absolute atomic E-state index is 9.79. The molecule has 0 saturated heterocycles. The lowest BCUT2D eigenvalue weighted by Gasteiger charge is -2.27. The Morgan fingerprint density at radius 3 is 2.25 bits per heavy atom. The minimum Gasteiger partial charge on any atom is -0.504 e. The Bertz CT molecular complexity index is 721. The van der Waals surface area contributed by atoms with Crippen molar-refractivity contribution in [3.63, 3.8) is 0 Å². The van der Waals surface area contributed by atoms with Gasteiger partial charge in [0.1, 0.15) is 0 Å². The van der Waals surface area contributed by atoms with Gasteiger partial charge in [0.25, 0.3) is 0 Å². The number of nitrogen functional groups attached to an aromatic ring is 1. The Kier molecular flexibility index (Phi) is 8.18. The number of aromatic hydroxyl groups is 2. The molecule has 2 aromatic carbocycles. The summed E-state index contributed by atoms with van der Waals surface area (Å²) >= 11 is 4.51. The van der Waals surface area contributed by atoms with Gasteiger partial charge in [-0.3, -0.25) is 0 Å². The predicted octanol–water partition coefficient (Wildman–Crippen LogP) is 4.16. The Balaban J connectivity index is 0.00000144. The van der Waals surface area contributed by atoms with Crippen LogP contribution in [0.2, 0.25) is 0 Å². The van der Waals surface area contributed by atoms with Gasteiger partial charge in [-0.25, -0.2) is 0 Å². The molecule has 0 fully saturated rings. The molecule has 8 heteroatoms. The van der Waals surface area contributed by atoms with Crippen LogP contribution >= 0.6 is 70.0 Å². The summed E-state index contributed by atoms with van der Waals surface area (Å²) in [7, 11) is 0. The molecule has 0 spiro atoms. The van der Waals surface area contributed by atoms with Gasteiger partial charge in [0.15, 0.2) is 11.5 Å². The summed E-state index contributed by atoms with van der Waals surface area (Å²) in [6.07, 6.45) is 1.68. The number of hydrogen-bond acceptors (Lipinski definition) is 4. The number of fused-ring (bicyclic) bond motifs is 1. The van der Waals surface area contributed by atoms with Gasteiger partial charge in [0, 0.05) is 13.2 Å². The lowest BCUT2D eigenvalue weighted by Crippen LogP contribution is -2.31. The first-order valence-corrected chi connectivity index (χ1v) is 9.13. The van der Waals surface area contributed by atoms with E-state index in [2.05, 4.69) is 62.6 Å². The number of hydrogen-bond donors (Lipinski definition) is 4. The lowest BCUT2D eigenvalue weighted by molar-refractivity contribution is 0.398. The molecule has 0 saturated carbocycles. The normalized spacial score (nSPS) is 15.8. The van der Waals surface area contributed by atoms with Crippen LogP contribution in [0.4, 0.5) is 5.69 Å². The summed E-state index contributed by atoms with van der Waals surface area (Å²) in [6, 6.07) is 7.69. The van der Waals surface area contributed by atoms with Crippen molar-refractivity contribution < 1.29 is 10.2 Å². The summed E-state index contributed by atoms with van der Waals surface area (Å²) in [5, 5.41) is 23.0. The van der Waals surface area contributed by atoms with Gasteiger partial charge in [-0.15, -0.1) is 24.8 Å². The fraction of sp³-hybridized carbons (Fsp3) is 0.250. The van der Waals surface area contributed by atoms with Gasteiger partial charge in [-0.1, -0.05) is 0 Å². The van der Waals surface area contributed by atoms with E-state index in [0.717, 1.165) is 43.3 Å². The van der Waals surface area contributed by atoms with E-state index in [4.69, 9.17) is 5.73 Å². The van der Waals surface area contributed by atoms with Gasteiger partial charge in [-0.2, -0.15) is 0 Å². The molecule has 1 atom stereocenters. The highest BCUT2D eigenvalue weighted by atomic mass is 127.